The molecule has 2 saturated carbocycles. The van der Waals surface area contributed by atoms with Crippen LogP contribution in [0.3, 0.4) is 0 Å². The lowest BCUT2D eigenvalue weighted by molar-refractivity contribution is -0.130. The lowest BCUT2D eigenvalue weighted by atomic mass is 9.85. The van der Waals surface area contributed by atoms with Crippen molar-refractivity contribution in [3.05, 3.63) is 0 Å². The van der Waals surface area contributed by atoms with E-state index < -0.39 is 0 Å². The number of piperazine rings is 1. The number of carbonyl (C=O) groups excluding carboxylic acids is 1. The van der Waals surface area contributed by atoms with Crippen LogP contribution in [0.1, 0.15) is 45.4 Å². The van der Waals surface area contributed by atoms with Crippen molar-refractivity contribution >= 4 is 35.8 Å². The van der Waals surface area contributed by atoms with Crippen LogP contribution in [0.2, 0.25) is 0 Å². The second kappa shape index (κ2) is 8.53. The number of nitrogens with zero attached hydrogens (tertiary/aromatic N) is 3. The number of guanidine groups is 1. The number of rotatable bonds is 2. The lowest BCUT2D eigenvalue weighted by Crippen LogP contribution is -2.53. The van der Waals surface area contributed by atoms with Crippen LogP contribution in [0.15, 0.2) is 4.99 Å². The molecule has 1 aliphatic heterocycles. The van der Waals surface area contributed by atoms with Gasteiger partial charge in [-0.15, -0.1) is 24.0 Å². The first-order valence-corrected chi connectivity index (χ1v) is 8.93. The van der Waals surface area contributed by atoms with Crippen molar-refractivity contribution in [3.63, 3.8) is 0 Å². The van der Waals surface area contributed by atoms with Gasteiger partial charge in [0.15, 0.2) is 5.96 Å². The standard InChI is InChI=1S/C17H30N4O.HI/c1-13(22)20-8-10-21(11-9-20)17(18-2)19-16-12-15(16)14-6-4-3-5-7-14;/h14-16H,3-12H2,1-2H3,(H,18,19);1H. The summed E-state index contributed by atoms with van der Waals surface area (Å²) in [5, 5.41) is 3.67. The maximum absolute atomic E-state index is 11.4. The summed E-state index contributed by atoms with van der Waals surface area (Å²) in [7, 11) is 1.87. The van der Waals surface area contributed by atoms with E-state index in [-0.39, 0.29) is 29.9 Å². The Balaban J connectivity index is 0.00000192. The number of amides is 1. The van der Waals surface area contributed by atoms with E-state index in [1.807, 2.05) is 11.9 Å². The average molecular weight is 434 g/mol. The summed E-state index contributed by atoms with van der Waals surface area (Å²) in [6.45, 7) is 5.06. The fourth-order valence-corrected chi connectivity index (χ4v) is 4.16. The highest BCUT2D eigenvalue weighted by Gasteiger charge is 2.43. The summed E-state index contributed by atoms with van der Waals surface area (Å²) < 4.78 is 0. The minimum absolute atomic E-state index is 0. The number of aliphatic imine (C=N–C) groups is 1. The quantitative estimate of drug-likeness (QED) is 0.412. The molecular weight excluding hydrogens is 403 g/mol. The van der Waals surface area contributed by atoms with Gasteiger partial charge in [-0.25, -0.2) is 0 Å². The van der Waals surface area contributed by atoms with Gasteiger partial charge < -0.3 is 15.1 Å². The molecule has 0 aromatic carbocycles. The van der Waals surface area contributed by atoms with Crippen molar-refractivity contribution < 1.29 is 4.79 Å². The number of nitrogens with one attached hydrogen (secondary N) is 1. The Morgan fingerprint density at radius 1 is 1.04 bits per heavy atom. The minimum atomic E-state index is 0. The third-order valence-electron chi connectivity index (χ3n) is 5.65. The molecule has 132 valence electrons. The molecule has 3 fully saturated rings. The molecular formula is C17H31IN4O. The highest BCUT2D eigenvalue weighted by molar-refractivity contribution is 14.0. The molecule has 0 spiro atoms. The lowest BCUT2D eigenvalue weighted by Gasteiger charge is -2.36. The van der Waals surface area contributed by atoms with E-state index in [0.29, 0.717) is 6.04 Å². The zero-order chi connectivity index (χ0) is 15.5. The molecule has 0 aromatic rings. The topological polar surface area (TPSA) is 47.9 Å². The zero-order valence-electron chi connectivity index (χ0n) is 14.5. The molecule has 23 heavy (non-hydrogen) atoms. The van der Waals surface area contributed by atoms with Gasteiger partial charge in [0.1, 0.15) is 0 Å². The zero-order valence-corrected chi connectivity index (χ0v) is 16.8. The minimum Gasteiger partial charge on any atom is -0.353 e. The number of hydrogen-bond donors (Lipinski definition) is 1. The van der Waals surface area contributed by atoms with Crippen LogP contribution in [-0.2, 0) is 4.79 Å². The molecule has 0 radical (unpaired) electrons. The predicted molar refractivity (Wildman–Crippen MR) is 104 cm³/mol. The predicted octanol–water partition coefficient (Wildman–Crippen LogP) is 2.31. The first-order chi connectivity index (χ1) is 10.7. The van der Waals surface area contributed by atoms with E-state index in [9.17, 15) is 4.79 Å². The second-order valence-corrected chi connectivity index (χ2v) is 7.09. The van der Waals surface area contributed by atoms with Crippen molar-refractivity contribution in [2.45, 2.75) is 51.5 Å². The van der Waals surface area contributed by atoms with Crippen LogP contribution in [0.25, 0.3) is 0 Å². The van der Waals surface area contributed by atoms with Gasteiger partial charge in [0.05, 0.1) is 0 Å². The normalized spacial score (nSPS) is 29.0. The van der Waals surface area contributed by atoms with Gasteiger partial charge in [-0.3, -0.25) is 9.79 Å². The van der Waals surface area contributed by atoms with Crippen LogP contribution in [0.4, 0.5) is 0 Å². The summed E-state index contributed by atoms with van der Waals surface area (Å²) >= 11 is 0. The molecule has 2 aliphatic carbocycles. The molecule has 2 unspecified atom stereocenters. The fourth-order valence-electron chi connectivity index (χ4n) is 4.16. The van der Waals surface area contributed by atoms with Crippen molar-refractivity contribution in [2.24, 2.45) is 16.8 Å². The maximum atomic E-state index is 11.4. The van der Waals surface area contributed by atoms with Crippen LogP contribution in [0.5, 0.6) is 0 Å². The molecule has 6 heteroatoms. The first-order valence-electron chi connectivity index (χ1n) is 8.93. The Hall–Kier alpha value is -0.530. The Morgan fingerprint density at radius 2 is 1.65 bits per heavy atom. The summed E-state index contributed by atoms with van der Waals surface area (Å²) in [5.74, 6) is 3.03. The van der Waals surface area contributed by atoms with E-state index in [1.54, 1.807) is 6.92 Å². The monoisotopic (exact) mass is 434 g/mol. The van der Waals surface area contributed by atoms with Crippen molar-refractivity contribution in [2.75, 3.05) is 33.2 Å². The van der Waals surface area contributed by atoms with Gasteiger partial charge in [0, 0.05) is 46.2 Å². The average Bonchev–Trinajstić information content (AvgIpc) is 3.33. The maximum Gasteiger partial charge on any atom is 0.219 e. The summed E-state index contributed by atoms with van der Waals surface area (Å²) in [4.78, 5) is 20.1. The molecule has 1 heterocycles. The largest absolute Gasteiger partial charge is 0.353 e. The SMILES string of the molecule is CN=C(NC1CC1C1CCCCC1)N1CCN(C(C)=O)CC1.I. The van der Waals surface area contributed by atoms with Crippen molar-refractivity contribution in [1.82, 2.24) is 15.1 Å². The number of halogens is 1. The van der Waals surface area contributed by atoms with Crippen molar-refractivity contribution in [3.8, 4) is 0 Å². The Bertz CT molecular complexity index is 428. The highest BCUT2D eigenvalue weighted by Crippen LogP contribution is 2.44. The molecule has 5 nitrogen and oxygen atoms in total. The van der Waals surface area contributed by atoms with E-state index in [2.05, 4.69) is 15.2 Å². The summed E-state index contributed by atoms with van der Waals surface area (Å²) in [6, 6.07) is 0.632. The molecule has 0 aromatic heterocycles. The molecule has 2 atom stereocenters. The van der Waals surface area contributed by atoms with Crippen LogP contribution >= 0.6 is 24.0 Å². The smallest absolute Gasteiger partial charge is 0.219 e. The van der Waals surface area contributed by atoms with Gasteiger partial charge in [-0.05, 0) is 18.3 Å². The summed E-state index contributed by atoms with van der Waals surface area (Å²) in [6.07, 6.45) is 8.46. The van der Waals surface area contributed by atoms with Gasteiger partial charge >= 0.3 is 0 Å². The van der Waals surface area contributed by atoms with Crippen LogP contribution in [-0.4, -0.2) is 60.9 Å². The van der Waals surface area contributed by atoms with Gasteiger partial charge in [-0.2, -0.15) is 0 Å². The number of carbonyl (C=O) groups is 1. The van der Waals surface area contributed by atoms with Gasteiger partial charge in [-0.1, -0.05) is 32.1 Å². The molecule has 3 rings (SSSR count). The molecule has 0 bridgehead atoms. The van der Waals surface area contributed by atoms with E-state index >= 15 is 0 Å². The Labute approximate surface area is 157 Å². The van der Waals surface area contributed by atoms with Crippen LogP contribution < -0.4 is 5.32 Å². The Morgan fingerprint density at radius 3 is 2.22 bits per heavy atom. The second-order valence-electron chi connectivity index (χ2n) is 7.09. The first kappa shape index (κ1) is 18.8. The number of hydrogen-bond acceptors (Lipinski definition) is 2. The fraction of sp³-hybridized carbons (Fsp3) is 0.882. The van der Waals surface area contributed by atoms with Gasteiger partial charge in [0.25, 0.3) is 0 Å². The third kappa shape index (κ3) is 4.73. The molecule has 3 aliphatic rings. The molecule has 1 amide bonds. The van der Waals surface area contributed by atoms with Crippen LogP contribution in [0, 0.1) is 11.8 Å². The Kier molecular flexibility index (Phi) is 6.98. The highest BCUT2D eigenvalue weighted by atomic mass is 127. The van der Waals surface area contributed by atoms with E-state index in [1.165, 1.54) is 38.5 Å². The van der Waals surface area contributed by atoms with Crippen molar-refractivity contribution in [1.29, 1.82) is 0 Å². The van der Waals surface area contributed by atoms with Gasteiger partial charge in [0.2, 0.25) is 5.91 Å². The molecule has 1 N–H and O–H groups in total. The van der Waals surface area contributed by atoms with E-state index in [0.717, 1.165) is 44.0 Å². The van der Waals surface area contributed by atoms with E-state index in [4.69, 9.17) is 0 Å². The molecule has 1 saturated heterocycles. The third-order valence-corrected chi connectivity index (χ3v) is 5.65. The summed E-state index contributed by atoms with van der Waals surface area (Å²) in [5.41, 5.74) is 0.